The van der Waals surface area contributed by atoms with Gasteiger partial charge in [0.1, 0.15) is 0 Å². The third-order valence-corrected chi connectivity index (χ3v) is 4.04. The van der Waals surface area contributed by atoms with Crippen molar-refractivity contribution in [2.45, 2.75) is 52.1 Å². The topological polar surface area (TPSA) is 12.0 Å². The van der Waals surface area contributed by atoms with Gasteiger partial charge in [-0.25, -0.2) is 0 Å². The van der Waals surface area contributed by atoms with Crippen LogP contribution in [0.25, 0.3) is 0 Å². The third kappa shape index (κ3) is 3.82. The molecule has 0 aliphatic heterocycles. The van der Waals surface area contributed by atoms with E-state index in [1.54, 1.807) is 0 Å². The Morgan fingerprint density at radius 3 is 2.43 bits per heavy atom. The summed E-state index contributed by atoms with van der Waals surface area (Å²) in [4.78, 5) is 0. The fourth-order valence-electron chi connectivity index (χ4n) is 2.12. The van der Waals surface area contributed by atoms with E-state index >= 15 is 0 Å². The predicted octanol–water partition coefficient (Wildman–Crippen LogP) is 3.15. The molecule has 0 saturated heterocycles. The molecule has 14 heavy (non-hydrogen) atoms. The van der Waals surface area contributed by atoms with E-state index in [2.05, 4.69) is 32.3 Å². The maximum absolute atomic E-state index is 3.72. The van der Waals surface area contributed by atoms with Gasteiger partial charge in [0.05, 0.1) is 0 Å². The Morgan fingerprint density at radius 1 is 1.29 bits per heavy atom. The fraction of sp³-hybridized carbons (Fsp3) is 1.00. The summed E-state index contributed by atoms with van der Waals surface area (Å²) in [5, 5.41) is 3.72. The van der Waals surface area contributed by atoms with Gasteiger partial charge in [-0.3, -0.25) is 0 Å². The van der Waals surface area contributed by atoms with Gasteiger partial charge in [-0.2, -0.15) is 11.8 Å². The molecule has 0 aromatic heterocycles. The molecule has 1 N–H and O–H groups in total. The number of nitrogens with one attached hydrogen (secondary N) is 1. The van der Waals surface area contributed by atoms with E-state index in [0.717, 1.165) is 17.9 Å². The largest absolute Gasteiger partial charge is 0.311 e. The second kappa shape index (κ2) is 6.02. The van der Waals surface area contributed by atoms with E-state index in [4.69, 9.17) is 0 Å². The standard InChI is InChI=1S/C12H25NS/c1-9(2)11-7-12(8-11)13-10(3)5-6-14-4/h9-13H,5-8H2,1-4H3. The van der Waals surface area contributed by atoms with Crippen LogP contribution in [-0.4, -0.2) is 24.1 Å². The van der Waals surface area contributed by atoms with Crippen molar-refractivity contribution in [3.05, 3.63) is 0 Å². The highest BCUT2D eigenvalue weighted by atomic mass is 32.2. The lowest BCUT2D eigenvalue weighted by Crippen LogP contribution is -2.46. The van der Waals surface area contributed by atoms with Crippen molar-refractivity contribution in [3.8, 4) is 0 Å². The van der Waals surface area contributed by atoms with E-state index < -0.39 is 0 Å². The molecule has 0 radical (unpaired) electrons. The van der Waals surface area contributed by atoms with Gasteiger partial charge in [0.15, 0.2) is 0 Å². The molecule has 0 bridgehead atoms. The summed E-state index contributed by atoms with van der Waals surface area (Å²) in [6, 6.07) is 1.53. The van der Waals surface area contributed by atoms with Crippen LogP contribution in [0.2, 0.25) is 0 Å². The summed E-state index contributed by atoms with van der Waals surface area (Å²) in [6.45, 7) is 7.01. The highest BCUT2D eigenvalue weighted by molar-refractivity contribution is 7.98. The molecule has 1 saturated carbocycles. The molecule has 1 unspecified atom stereocenters. The SMILES string of the molecule is CSCCC(C)NC1CC(C(C)C)C1. The van der Waals surface area contributed by atoms with Crippen molar-refractivity contribution < 1.29 is 0 Å². The molecule has 0 spiro atoms. The van der Waals surface area contributed by atoms with Crippen LogP contribution in [-0.2, 0) is 0 Å². The molecule has 84 valence electrons. The summed E-state index contributed by atoms with van der Waals surface area (Å²) in [5.74, 6) is 3.16. The second-order valence-corrected chi connectivity index (χ2v) is 6.01. The molecule has 0 aromatic rings. The summed E-state index contributed by atoms with van der Waals surface area (Å²) < 4.78 is 0. The van der Waals surface area contributed by atoms with Crippen LogP contribution in [0.3, 0.4) is 0 Å². The van der Waals surface area contributed by atoms with Crippen LogP contribution in [0.4, 0.5) is 0 Å². The average Bonchev–Trinajstić information content (AvgIpc) is 2.06. The molecule has 0 amide bonds. The van der Waals surface area contributed by atoms with Gasteiger partial charge in [0.25, 0.3) is 0 Å². The van der Waals surface area contributed by atoms with Crippen LogP contribution in [0, 0.1) is 11.8 Å². The van der Waals surface area contributed by atoms with Gasteiger partial charge in [0.2, 0.25) is 0 Å². The van der Waals surface area contributed by atoms with E-state index in [1.807, 2.05) is 11.8 Å². The summed E-state index contributed by atoms with van der Waals surface area (Å²) in [5.41, 5.74) is 0. The first-order valence-corrected chi connectivity index (χ1v) is 7.27. The smallest absolute Gasteiger partial charge is 0.00750 e. The van der Waals surface area contributed by atoms with E-state index in [1.165, 1.54) is 25.0 Å². The lowest BCUT2D eigenvalue weighted by atomic mass is 9.73. The molecule has 0 aromatic carbocycles. The predicted molar refractivity (Wildman–Crippen MR) is 66.9 cm³/mol. The summed E-state index contributed by atoms with van der Waals surface area (Å²) in [6.07, 6.45) is 6.30. The Morgan fingerprint density at radius 2 is 1.93 bits per heavy atom. The van der Waals surface area contributed by atoms with Gasteiger partial charge < -0.3 is 5.32 Å². The Kier molecular flexibility index (Phi) is 5.32. The Hall–Kier alpha value is 0.310. The highest BCUT2D eigenvalue weighted by Gasteiger charge is 2.31. The van der Waals surface area contributed by atoms with Gasteiger partial charge in [-0.1, -0.05) is 13.8 Å². The Labute approximate surface area is 93.4 Å². The monoisotopic (exact) mass is 215 g/mol. The zero-order valence-corrected chi connectivity index (χ0v) is 10.9. The van der Waals surface area contributed by atoms with Crippen molar-refractivity contribution in [3.63, 3.8) is 0 Å². The van der Waals surface area contributed by atoms with E-state index in [9.17, 15) is 0 Å². The minimum absolute atomic E-state index is 0.709. The molecule has 1 rings (SSSR count). The molecule has 2 heteroatoms. The molecular formula is C12H25NS. The van der Waals surface area contributed by atoms with Gasteiger partial charge in [-0.15, -0.1) is 0 Å². The zero-order chi connectivity index (χ0) is 10.6. The maximum Gasteiger partial charge on any atom is 0.00750 e. The number of thioether (sulfide) groups is 1. The highest BCUT2D eigenvalue weighted by Crippen LogP contribution is 2.33. The molecule has 1 aliphatic rings. The lowest BCUT2D eigenvalue weighted by Gasteiger charge is -2.40. The lowest BCUT2D eigenvalue weighted by molar-refractivity contribution is 0.159. The van der Waals surface area contributed by atoms with Crippen LogP contribution in [0.15, 0.2) is 0 Å². The van der Waals surface area contributed by atoms with E-state index in [0.29, 0.717) is 6.04 Å². The van der Waals surface area contributed by atoms with Crippen LogP contribution in [0.5, 0.6) is 0 Å². The molecule has 1 nitrogen and oxygen atoms in total. The van der Waals surface area contributed by atoms with E-state index in [-0.39, 0.29) is 0 Å². The Bertz CT molecular complexity index is 152. The summed E-state index contributed by atoms with van der Waals surface area (Å²) in [7, 11) is 0. The van der Waals surface area contributed by atoms with Crippen LogP contribution >= 0.6 is 11.8 Å². The average molecular weight is 215 g/mol. The van der Waals surface area contributed by atoms with Gasteiger partial charge in [0, 0.05) is 12.1 Å². The van der Waals surface area contributed by atoms with Crippen LogP contribution in [0.1, 0.15) is 40.0 Å². The van der Waals surface area contributed by atoms with Crippen molar-refractivity contribution in [1.82, 2.24) is 5.32 Å². The van der Waals surface area contributed by atoms with Crippen molar-refractivity contribution >= 4 is 11.8 Å². The van der Waals surface area contributed by atoms with Crippen molar-refractivity contribution in [2.75, 3.05) is 12.0 Å². The van der Waals surface area contributed by atoms with Gasteiger partial charge in [-0.05, 0) is 50.0 Å². The quantitative estimate of drug-likeness (QED) is 0.730. The molecule has 1 aliphatic carbocycles. The first-order valence-electron chi connectivity index (χ1n) is 5.88. The normalized spacial score (nSPS) is 28.9. The molecule has 1 atom stereocenters. The maximum atomic E-state index is 3.72. The minimum atomic E-state index is 0.709. The Balaban J connectivity index is 2.04. The zero-order valence-electron chi connectivity index (χ0n) is 10.0. The fourth-order valence-corrected chi connectivity index (χ4v) is 2.71. The minimum Gasteiger partial charge on any atom is -0.311 e. The number of rotatable bonds is 6. The first-order chi connectivity index (χ1) is 6.63. The summed E-state index contributed by atoms with van der Waals surface area (Å²) >= 11 is 1.95. The van der Waals surface area contributed by atoms with Gasteiger partial charge >= 0.3 is 0 Å². The second-order valence-electron chi connectivity index (χ2n) is 5.02. The number of hydrogen-bond donors (Lipinski definition) is 1. The third-order valence-electron chi connectivity index (χ3n) is 3.39. The molecule has 0 heterocycles. The van der Waals surface area contributed by atoms with Crippen molar-refractivity contribution in [2.24, 2.45) is 11.8 Å². The number of hydrogen-bond acceptors (Lipinski definition) is 2. The molecule has 1 fully saturated rings. The van der Waals surface area contributed by atoms with Crippen molar-refractivity contribution in [1.29, 1.82) is 0 Å². The first kappa shape index (κ1) is 12.4. The van der Waals surface area contributed by atoms with Crippen LogP contribution < -0.4 is 5.32 Å². The molecular weight excluding hydrogens is 190 g/mol.